The van der Waals surface area contributed by atoms with Crippen LogP contribution in [0.3, 0.4) is 0 Å². The van der Waals surface area contributed by atoms with Crippen molar-refractivity contribution < 1.29 is 44.3 Å². The number of benzene rings is 1. The molecule has 0 aliphatic rings. The van der Waals surface area contributed by atoms with Crippen LogP contribution in [0.2, 0.25) is 0 Å². The molecule has 2 rings (SSSR count). The first kappa shape index (κ1) is 20.6. The van der Waals surface area contributed by atoms with Crippen LogP contribution in [0.25, 0.3) is 0 Å². The number of hydrogen-bond donors (Lipinski definition) is 1. The molecule has 4 nitrogen and oxygen atoms in total. The van der Waals surface area contributed by atoms with Gasteiger partial charge in [-0.15, -0.1) is 0 Å². The third-order valence-corrected chi connectivity index (χ3v) is 3.33. The van der Waals surface area contributed by atoms with Gasteiger partial charge in [-0.05, 0) is 13.0 Å². The summed E-state index contributed by atoms with van der Waals surface area (Å²) in [6.45, 7) is 0.368. The number of alkyl halides is 5. The highest BCUT2D eigenvalue weighted by atomic mass is 19.4. The zero-order chi connectivity index (χ0) is 20.7. The minimum absolute atomic E-state index is 0.0474. The van der Waals surface area contributed by atoms with Gasteiger partial charge < -0.3 is 5.32 Å². The maximum absolute atomic E-state index is 13.7. The Morgan fingerprint density at radius 1 is 1.11 bits per heavy atom. The number of amides is 1. The first-order chi connectivity index (χ1) is 12.3. The smallest absolute Gasteiger partial charge is 0.319 e. The highest BCUT2D eigenvalue weighted by molar-refractivity contribution is 5.91. The first-order valence-corrected chi connectivity index (χ1v) is 6.90. The summed E-state index contributed by atoms with van der Waals surface area (Å²) in [6, 6.07) is 0.913. The predicted molar refractivity (Wildman–Crippen MR) is 71.8 cm³/mol. The highest BCUT2D eigenvalue weighted by Gasteiger charge is 2.42. The molecule has 0 aliphatic heterocycles. The molecule has 0 saturated carbocycles. The maximum atomic E-state index is 13.7. The van der Waals surface area contributed by atoms with Crippen LogP contribution in [0.5, 0.6) is 0 Å². The summed E-state index contributed by atoms with van der Waals surface area (Å²) in [4.78, 5) is 11.8. The molecule has 27 heavy (non-hydrogen) atoms. The molecular weight excluding hydrogens is 397 g/mol. The molecule has 0 bridgehead atoms. The molecule has 0 saturated heterocycles. The SMILES string of the molecule is Cc1cc(C(F)F)nn1CC(=O)Nc1c(F)c(F)c(C(F)(F)F)c(F)c1F. The number of carbonyl (C=O) groups is 1. The molecule has 1 amide bonds. The van der Waals surface area contributed by atoms with Crippen LogP contribution >= 0.6 is 0 Å². The van der Waals surface area contributed by atoms with E-state index in [0.29, 0.717) is 4.68 Å². The molecule has 0 aliphatic carbocycles. The van der Waals surface area contributed by atoms with Crippen molar-refractivity contribution in [2.45, 2.75) is 26.1 Å². The standard InChI is InChI=1S/C14H8F9N3O/c1-4-2-5(13(19)20)25-26(4)3-6(27)24-12-10(17)8(15)7(14(21,22)23)9(16)11(12)18/h2,13H,3H2,1H3,(H,24,27). The van der Waals surface area contributed by atoms with Crippen LogP contribution in [0.4, 0.5) is 45.2 Å². The van der Waals surface area contributed by atoms with Gasteiger partial charge in [-0.3, -0.25) is 9.48 Å². The number of carbonyl (C=O) groups excluding carboxylic acids is 1. The lowest BCUT2D eigenvalue weighted by molar-refractivity contribution is -0.143. The Morgan fingerprint density at radius 2 is 1.63 bits per heavy atom. The van der Waals surface area contributed by atoms with Crippen LogP contribution in [0, 0.1) is 30.2 Å². The summed E-state index contributed by atoms with van der Waals surface area (Å²) >= 11 is 0. The van der Waals surface area contributed by atoms with Crippen LogP contribution in [-0.4, -0.2) is 15.7 Å². The summed E-state index contributed by atoms with van der Waals surface area (Å²) in [7, 11) is 0. The van der Waals surface area contributed by atoms with Crippen molar-refractivity contribution in [3.8, 4) is 0 Å². The zero-order valence-electron chi connectivity index (χ0n) is 13.1. The Kier molecular flexibility index (Phi) is 5.42. The van der Waals surface area contributed by atoms with Crippen molar-refractivity contribution in [2.75, 3.05) is 5.32 Å². The number of aromatic nitrogens is 2. The first-order valence-electron chi connectivity index (χ1n) is 6.90. The topological polar surface area (TPSA) is 46.9 Å². The van der Waals surface area contributed by atoms with E-state index in [1.165, 1.54) is 12.2 Å². The number of halogens is 9. The van der Waals surface area contributed by atoms with Crippen molar-refractivity contribution in [1.29, 1.82) is 0 Å². The van der Waals surface area contributed by atoms with Crippen LogP contribution < -0.4 is 5.32 Å². The normalized spacial score (nSPS) is 12.0. The second-order valence-corrected chi connectivity index (χ2v) is 5.22. The number of hydrogen-bond acceptors (Lipinski definition) is 2. The molecule has 0 radical (unpaired) electrons. The number of anilines is 1. The van der Waals surface area contributed by atoms with Gasteiger partial charge >= 0.3 is 6.18 Å². The van der Waals surface area contributed by atoms with E-state index in [1.54, 1.807) is 0 Å². The monoisotopic (exact) mass is 405 g/mol. The molecule has 148 valence electrons. The second kappa shape index (κ2) is 7.12. The minimum atomic E-state index is -5.73. The lowest BCUT2D eigenvalue weighted by Crippen LogP contribution is -2.24. The van der Waals surface area contributed by atoms with Gasteiger partial charge in [0.2, 0.25) is 5.91 Å². The third-order valence-electron chi connectivity index (χ3n) is 3.33. The predicted octanol–water partition coefficient (Wildman–Crippen LogP) is 4.34. The van der Waals surface area contributed by atoms with Crippen LogP contribution in [0.15, 0.2) is 6.07 Å². The van der Waals surface area contributed by atoms with Crippen molar-refractivity contribution in [2.24, 2.45) is 0 Å². The van der Waals surface area contributed by atoms with E-state index in [4.69, 9.17) is 0 Å². The highest BCUT2D eigenvalue weighted by Crippen LogP contribution is 2.38. The third kappa shape index (κ3) is 4.01. The number of aryl methyl sites for hydroxylation is 1. The molecule has 1 aromatic carbocycles. The molecule has 0 atom stereocenters. The maximum Gasteiger partial charge on any atom is 0.422 e. The molecule has 0 spiro atoms. The van der Waals surface area contributed by atoms with E-state index in [0.717, 1.165) is 6.07 Å². The van der Waals surface area contributed by atoms with Gasteiger partial charge in [-0.25, -0.2) is 26.3 Å². The Balaban J connectivity index is 2.34. The molecule has 0 fully saturated rings. The van der Waals surface area contributed by atoms with E-state index < -0.39 is 65.3 Å². The van der Waals surface area contributed by atoms with Gasteiger partial charge in [-0.2, -0.15) is 18.3 Å². The summed E-state index contributed by atoms with van der Waals surface area (Å²) in [6.07, 6.45) is -8.70. The molecule has 0 unspecified atom stereocenters. The van der Waals surface area contributed by atoms with E-state index in [1.807, 2.05) is 0 Å². The van der Waals surface area contributed by atoms with Gasteiger partial charge in [0.25, 0.3) is 6.43 Å². The van der Waals surface area contributed by atoms with Crippen LogP contribution in [0.1, 0.15) is 23.4 Å². The zero-order valence-corrected chi connectivity index (χ0v) is 13.1. The lowest BCUT2D eigenvalue weighted by Gasteiger charge is -2.14. The fraction of sp³-hybridized carbons (Fsp3) is 0.286. The minimum Gasteiger partial charge on any atom is -0.319 e. The Morgan fingerprint density at radius 3 is 2.04 bits per heavy atom. The molecule has 13 heteroatoms. The van der Waals surface area contributed by atoms with E-state index >= 15 is 0 Å². The van der Waals surface area contributed by atoms with Crippen molar-refractivity contribution >= 4 is 11.6 Å². The summed E-state index contributed by atoms with van der Waals surface area (Å²) < 4.78 is 118. The van der Waals surface area contributed by atoms with Crippen molar-refractivity contribution in [3.63, 3.8) is 0 Å². The average molecular weight is 405 g/mol. The summed E-state index contributed by atoms with van der Waals surface area (Å²) in [5.41, 5.74) is -5.24. The molecule has 2 aromatic rings. The van der Waals surface area contributed by atoms with Crippen molar-refractivity contribution in [1.82, 2.24) is 9.78 Å². The average Bonchev–Trinajstić information content (AvgIpc) is 2.89. The van der Waals surface area contributed by atoms with Crippen molar-refractivity contribution in [3.05, 3.63) is 46.3 Å². The fourth-order valence-electron chi connectivity index (χ4n) is 2.11. The van der Waals surface area contributed by atoms with E-state index in [2.05, 4.69) is 5.10 Å². The van der Waals surface area contributed by atoms with Crippen LogP contribution in [-0.2, 0) is 17.5 Å². The van der Waals surface area contributed by atoms with E-state index in [9.17, 15) is 44.3 Å². The van der Waals surface area contributed by atoms with Gasteiger partial charge in [0.05, 0.1) is 0 Å². The van der Waals surface area contributed by atoms with Gasteiger partial charge in [0.15, 0.2) is 23.3 Å². The lowest BCUT2D eigenvalue weighted by atomic mass is 10.1. The summed E-state index contributed by atoms with van der Waals surface area (Å²) in [5.74, 6) is -11.8. The Labute approximate surface area is 144 Å². The van der Waals surface area contributed by atoms with Gasteiger partial charge in [0.1, 0.15) is 23.5 Å². The molecule has 1 heterocycles. The van der Waals surface area contributed by atoms with Gasteiger partial charge in [0, 0.05) is 5.69 Å². The molecule has 1 aromatic heterocycles. The fourth-order valence-corrected chi connectivity index (χ4v) is 2.11. The number of nitrogens with one attached hydrogen (secondary N) is 1. The Bertz CT molecular complexity index is 860. The largest absolute Gasteiger partial charge is 0.422 e. The number of nitrogens with zero attached hydrogens (tertiary/aromatic N) is 2. The quantitative estimate of drug-likeness (QED) is 0.608. The second-order valence-electron chi connectivity index (χ2n) is 5.22. The number of rotatable bonds is 4. The van der Waals surface area contributed by atoms with Gasteiger partial charge in [-0.1, -0.05) is 0 Å². The molecular formula is C14H8F9N3O. The molecule has 1 N–H and O–H groups in total. The summed E-state index contributed by atoms with van der Waals surface area (Å²) in [5, 5.41) is 4.71. The Hall–Kier alpha value is -2.73. The van der Waals surface area contributed by atoms with E-state index in [-0.39, 0.29) is 5.69 Å².